The summed E-state index contributed by atoms with van der Waals surface area (Å²) in [5.74, 6) is 0.706. The van der Waals surface area contributed by atoms with Crippen LogP contribution in [0.1, 0.15) is 29.4 Å². The minimum Gasteiger partial charge on any atom is -0.494 e. The van der Waals surface area contributed by atoms with Crippen LogP contribution in [-0.2, 0) is 7.05 Å². The molecule has 0 saturated heterocycles. The Balaban J connectivity index is 0.00000300. The van der Waals surface area contributed by atoms with Crippen molar-refractivity contribution in [2.24, 2.45) is 7.05 Å². The smallest absolute Gasteiger partial charge is 0.280 e. The van der Waals surface area contributed by atoms with E-state index < -0.39 is 0 Å². The number of benzene rings is 1. The van der Waals surface area contributed by atoms with Gasteiger partial charge in [-0.1, -0.05) is 11.3 Å². The van der Waals surface area contributed by atoms with Gasteiger partial charge in [-0.15, -0.1) is 12.4 Å². The number of nitrogens with zero attached hydrogens (tertiary/aromatic N) is 5. The number of hydrogen-bond donors (Lipinski definition) is 0. The molecule has 0 aliphatic heterocycles. The van der Waals surface area contributed by atoms with Crippen LogP contribution in [0.5, 0.6) is 5.75 Å². The number of halogens is 1. The Labute approximate surface area is 181 Å². The Morgan fingerprint density at radius 1 is 1.28 bits per heavy atom. The second-order valence-electron chi connectivity index (χ2n) is 7.01. The van der Waals surface area contributed by atoms with Crippen molar-refractivity contribution >= 4 is 45.0 Å². The number of carbonyl (C=O) groups excluding carboxylic acids is 1. The van der Waals surface area contributed by atoms with Gasteiger partial charge in [-0.25, -0.2) is 4.98 Å². The van der Waals surface area contributed by atoms with Crippen LogP contribution < -0.4 is 9.64 Å². The van der Waals surface area contributed by atoms with Crippen molar-refractivity contribution in [3.63, 3.8) is 0 Å². The monoisotopic (exact) mass is 437 g/mol. The van der Waals surface area contributed by atoms with Gasteiger partial charge < -0.3 is 9.64 Å². The maximum absolute atomic E-state index is 13.3. The summed E-state index contributed by atoms with van der Waals surface area (Å²) in [4.78, 5) is 21.9. The minimum absolute atomic E-state index is 0. The van der Waals surface area contributed by atoms with E-state index in [1.807, 2.05) is 59.4 Å². The van der Waals surface area contributed by atoms with E-state index in [1.165, 1.54) is 11.3 Å². The van der Waals surface area contributed by atoms with Crippen molar-refractivity contribution in [2.75, 3.05) is 38.7 Å². The fraction of sp³-hybridized carbons (Fsp3) is 0.450. The average Bonchev–Trinajstić information content (AvgIpc) is 3.20. The van der Waals surface area contributed by atoms with Crippen molar-refractivity contribution in [1.29, 1.82) is 0 Å². The summed E-state index contributed by atoms with van der Waals surface area (Å²) in [5, 5.41) is 5.06. The van der Waals surface area contributed by atoms with Crippen molar-refractivity contribution in [2.45, 2.75) is 20.3 Å². The number of rotatable bonds is 8. The molecule has 0 unspecified atom stereocenters. The molecule has 9 heteroatoms. The summed E-state index contributed by atoms with van der Waals surface area (Å²) in [7, 11) is 5.89. The molecule has 29 heavy (non-hydrogen) atoms. The summed E-state index contributed by atoms with van der Waals surface area (Å²) >= 11 is 1.51. The third-order valence-electron chi connectivity index (χ3n) is 4.34. The zero-order valence-electron chi connectivity index (χ0n) is 17.5. The molecule has 0 spiro atoms. The number of carbonyl (C=O) groups is 1. The molecule has 2 heterocycles. The zero-order valence-corrected chi connectivity index (χ0v) is 19.1. The van der Waals surface area contributed by atoms with Crippen molar-refractivity contribution in [1.82, 2.24) is 19.7 Å². The van der Waals surface area contributed by atoms with Crippen LogP contribution in [0.2, 0.25) is 0 Å². The van der Waals surface area contributed by atoms with Gasteiger partial charge >= 0.3 is 0 Å². The van der Waals surface area contributed by atoms with Gasteiger partial charge in [-0.3, -0.25) is 14.4 Å². The fourth-order valence-corrected chi connectivity index (χ4v) is 4.06. The highest BCUT2D eigenvalue weighted by Crippen LogP contribution is 2.32. The highest BCUT2D eigenvalue weighted by atomic mass is 35.5. The molecule has 1 amide bonds. The Morgan fingerprint density at radius 2 is 2.03 bits per heavy atom. The molecular formula is C20H28ClN5O2S. The van der Waals surface area contributed by atoms with E-state index in [2.05, 4.69) is 10.00 Å². The number of ether oxygens (including phenoxy) is 1. The van der Waals surface area contributed by atoms with Gasteiger partial charge in [0.25, 0.3) is 5.91 Å². The van der Waals surface area contributed by atoms with Gasteiger partial charge in [-0.2, -0.15) is 5.10 Å². The number of amides is 1. The predicted octanol–water partition coefficient (Wildman–Crippen LogP) is 3.76. The highest BCUT2D eigenvalue weighted by Gasteiger charge is 2.24. The van der Waals surface area contributed by atoms with Gasteiger partial charge in [0, 0.05) is 25.4 Å². The summed E-state index contributed by atoms with van der Waals surface area (Å²) in [6.07, 6.45) is 2.71. The third-order valence-corrected chi connectivity index (χ3v) is 5.38. The van der Waals surface area contributed by atoms with Crippen LogP contribution in [0.25, 0.3) is 10.2 Å². The van der Waals surface area contributed by atoms with Gasteiger partial charge in [-0.05, 0) is 59.1 Å². The number of fused-ring (bicyclic) bond motifs is 1. The molecule has 7 nitrogen and oxygen atoms in total. The molecule has 2 aromatic heterocycles. The fourth-order valence-electron chi connectivity index (χ4n) is 3.04. The largest absolute Gasteiger partial charge is 0.494 e. The lowest BCUT2D eigenvalue weighted by atomic mass is 10.2. The normalized spacial score (nSPS) is 11.0. The molecular weight excluding hydrogens is 410 g/mol. The minimum atomic E-state index is -0.110. The number of aromatic nitrogens is 3. The first kappa shape index (κ1) is 23.1. The molecule has 1 aromatic carbocycles. The lowest BCUT2D eigenvalue weighted by Gasteiger charge is -2.20. The summed E-state index contributed by atoms with van der Waals surface area (Å²) in [6.45, 7) is 5.97. The number of anilines is 1. The van der Waals surface area contributed by atoms with Crippen molar-refractivity contribution in [3.05, 3.63) is 35.7 Å². The highest BCUT2D eigenvalue weighted by molar-refractivity contribution is 7.22. The van der Waals surface area contributed by atoms with Crippen LogP contribution in [0.3, 0.4) is 0 Å². The Kier molecular flexibility index (Phi) is 8.01. The molecule has 0 bridgehead atoms. The Hall–Kier alpha value is -2.16. The lowest BCUT2D eigenvalue weighted by molar-refractivity contribution is 0.0980. The van der Waals surface area contributed by atoms with Gasteiger partial charge in [0.1, 0.15) is 5.75 Å². The van der Waals surface area contributed by atoms with E-state index in [-0.39, 0.29) is 18.3 Å². The maximum atomic E-state index is 13.3. The molecule has 3 aromatic rings. The number of hydrogen-bond acceptors (Lipinski definition) is 6. The van der Waals surface area contributed by atoms with Crippen LogP contribution in [-0.4, -0.2) is 59.4 Å². The quantitative estimate of drug-likeness (QED) is 0.537. The molecule has 0 fully saturated rings. The van der Waals surface area contributed by atoms with Gasteiger partial charge in [0.15, 0.2) is 10.8 Å². The topological polar surface area (TPSA) is 63.5 Å². The van der Waals surface area contributed by atoms with E-state index in [9.17, 15) is 4.79 Å². The van der Waals surface area contributed by atoms with E-state index in [0.717, 1.165) is 34.5 Å². The summed E-state index contributed by atoms with van der Waals surface area (Å²) in [5.41, 5.74) is 2.21. The Morgan fingerprint density at radius 3 is 2.66 bits per heavy atom. The van der Waals surface area contributed by atoms with Crippen LogP contribution in [0.15, 0.2) is 24.4 Å². The SMILES string of the molecule is CCOc1ccc2nc(N(CCCN(C)C)C(=O)c3nn(C)cc3C)sc2c1.Cl. The van der Waals surface area contributed by atoms with E-state index in [0.29, 0.717) is 24.0 Å². The molecule has 0 radical (unpaired) electrons. The molecule has 0 aliphatic carbocycles. The molecule has 0 N–H and O–H groups in total. The predicted molar refractivity (Wildman–Crippen MR) is 121 cm³/mol. The van der Waals surface area contributed by atoms with Gasteiger partial charge in [0.05, 0.1) is 16.8 Å². The lowest BCUT2D eigenvalue weighted by Crippen LogP contribution is -2.34. The maximum Gasteiger partial charge on any atom is 0.280 e. The standard InChI is InChI=1S/C20H27N5O2S.ClH/c1-6-27-15-8-9-16-17(12-15)28-20(21-16)25(11-7-10-23(3)4)19(26)18-14(2)13-24(5)22-18;/h8-9,12-13H,6-7,10-11H2,1-5H3;1H. The summed E-state index contributed by atoms with van der Waals surface area (Å²) < 4.78 is 8.27. The Bertz CT molecular complexity index is 969. The summed E-state index contributed by atoms with van der Waals surface area (Å²) in [6, 6.07) is 5.83. The van der Waals surface area contributed by atoms with E-state index >= 15 is 0 Å². The van der Waals surface area contributed by atoms with Crippen LogP contribution >= 0.6 is 23.7 Å². The van der Waals surface area contributed by atoms with Crippen LogP contribution in [0, 0.1) is 6.92 Å². The van der Waals surface area contributed by atoms with Crippen LogP contribution in [0.4, 0.5) is 5.13 Å². The van der Waals surface area contributed by atoms with Gasteiger partial charge in [0.2, 0.25) is 0 Å². The second-order valence-corrected chi connectivity index (χ2v) is 8.02. The van der Waals surface area contributed by atoms with Crippen molar-refractivity contribution < 1.29 is 9.53 Å². The van der Waals surface area contributed by atoms with E-state index in [1.54, 1.807) is 9.58 Å². The average molecular weight is 438 g/mol. The first-order valence-electron chi connectivity index (χ1n) is 9.39. The van der Waals surface area contributed by atoms with Crippen molar-refractivity contribution in [3.8, 4) is 5.75 Å². The first-order valence-corrected chi connectivity index (χ1v) is 10.2. The molecule has 0 saturated carbocycles. The number of thiazole rings is 1. The molecule has 0 atom stereocenters. The second kappa shape index (κ2) is 10.0. The molecule has 3 rings (SSSR count). The zero-order chi connectivity index (χ0) is 20.3. The first-order chi connectivity index (χ1) is 13.4. The molecule has 158 valence electrons. The third kappa shape index (κ3) is 5.46. The molecule has 0 aliphatic rings. The van der Waals surface area contributed by atoms with E-state index in [4.69, 9.17) is 9.72 Å². The number of aryl methyl sites for hydroxylation is 2.